The SMILES string of the molecule is Nc1ccc(Br)c(S(=O)(=O)Nc2cc(F)cc(F)c2)c1. The van der Waals surface area contributed by atoms with E-state index >= 15 is 0 Å². The number of hydrogen-bond donors (Lipinski definition) is 2. The second kappa shape index (κ2) is 5.37. The molecule has 0 saturated carbocycles. The minimum absolute atomic E-state index is 0.123. The van der Waals surface area contributed by atoms with E-state index < -0.39 is 21.7 Å². The summed E-state index contributed by atoms with van der Waals surface area (Å²) in [6, 6.07) is 6.62. The average Bonchev–Trinajstić information content (AvgIpc) is 2.30. The van der Waals surface area contributed by atoms with E-state index in [-0.39, 0.29) is 20.7 Å². The predicted molar refractivity (Wildman–Crippen MR) is 75.7 cm³/mol. The van der Waals surface area contributed by atoms with E-state index in [1.54, 1.807) is 0 Å². The summed E-state index contributed by atoms with van der Waals surface area (Å²) >= 11 is 3.09. The summed E-state index contributed by atoms with van der Waals surface area (Å²) in [5.41, 5.74) is 5.57. The van der Waals surface area contributed by atoms with Crippen LogP contribution in [0.2, 0.25) is 0 Å². The van der Waals surface area contributed by atoms with Crippen molar-refractivity contribution in [3.63, 3.8) is 0 Å². The van der Waals surface area contributed by atoms with Gasteiger partial charge in [0.15, 0.2) is 0 Å². The predicted octanol–water partition coefficient (Wildman–Crippen LogP) is 3.11. The van der Waals surface area contributed by atoms with Gasteiger partial charge in [0.2, 0.25) is 0 Å². The first-order valence-corrected chi connectivity index (χ1v) is 7.59. The minimum atomic E-state index is -4.01. The Morgan fingerprint density at radius 3 is 2.25 bits per heavy atom. The number of nitrogens with two attached hydrogens (primary N) is 1. The van der Waals surface area contributed by atoms with Gasteiger partial charge in [-0.15, -0.1) is 0 Å². The van der Waals surface area contributed by atoms with Gasteiger partial charge in [-0.3, -0.25) is 4.72 Å². The number of halogens is 3. The first-order chi connectivity index (χ1) is 9.28. The Labute approximate surface area is 122 Å². The van der Waals surface area contributed by atoms with Crippen LogP contribution < -0.4 is 10.5 Å². The van der Waals surface area contributed by atoms with Gasteiger partial charge in [0.1, 0.15) is 16.5 Å². The molecule has 2 aromatic carbocycles. The molecule has 0 aromatic heterocycles. The normalized spacial score (nSPS) is 11.3. The van der Waals surface area contributed by atoms with E-state index in [2.05, 4.69) is 20.7 Å². The van der Waals surface area contributed by atoms with Crippen molar-refractivity contribution < 1.29 is 17.2 Å². The van der Waals surface area contributed by atoms with Crippen LogP contribution in [0.15, 0.2) is 45.8 Å². The maximum atomic E-state index is 13.0. The van der Waals surface area contributed by atoms with Crippen molar-refractivity contribution >= 4 is 37.3 Å². The molecule has 0 unspecified atom stereocenters. The van der Waals surface area contributed by atoms with Crippen LogP contribution in [0, 0.1) is 11.6 Å². The first-order valence-electron chi connectivity index (χ1n) is 5.32. The van der Waals surface area contributed by atoms with Crippen LogP contribution in [0.25, 0.3) is 0 Å². The molecule has 0 spiro atoms. The van der Waals surface area contributed by atoms with Gasteiger partial charge in [-0.2, -0.15) is 0 Å². The molecular weight excluding hydrogens is 354 g/mol. The summed E-state index contributed by atoms with van der Waals surface area (Å²) in [7, 11) is -4.01. The molecule has 0 aliphatic rings. The highest BCUT2D eigenvalue weighted by molar-refractivity contribution is 9.10. The highest BCUT2D eigenvalue weighted by Gasteiger charge is 2.18. The number of sulfonamides is 1. The monoisotopic (exact) mass is 362 g/mol. The van der Waals surface area contributed by atoms with Crippen LogP contribution in [0.5, 0.6) is 0 Å². The fourth-order valence-electron chi connectivity index (χ4n) is 1.55. The highest BCUT2D eigenvalue weighted by atomic mass is 79.9. The lowest BCUT2D eigenvalue weighted by molar-refractivity contribution is 0.584. The van der Waals surface area contributed by atoms with E-state index in [0.717, 1.165) is 12.1 Å². The third kappa shape index (κ3) is 3.26. The quantitative estimate of drug-likeness (QED) is 0.824. The Kier molecular flexibility index (Phi) is 3.96. The number of nitrogen functional groups attached to an aromatic ring is 1. The van der Waals surface area contributed by atoms with Crippen molar-refractivity contribution in [2.24, 2.45) is 0 Å². The maximum Gasteiger partial charge on any atom is 0.263 e. The van der Waals surface area contributed by atoms with Crippen LogP contribution in [-0.2, 0) is 10.0 Å². The van der Waals surface area contributed by atoms with Gasteiger partial charge >= 0.3 is 0 Å². The van der Waals surface area contributed by atoms with Crippen LogP contribution in [-0.4, -0.2) is 8.42 Å². The number of benzene rings is 2. The molecule has 20 heavy (non-hydrogen) atoms. The van der Waals surface area contributed by atoms with Crippen molar-refractivity contribution in [3.8, 4) is 0 Å². The van der Waals surface area contributed by atoms with Crippen LogP contribution in [0.3, 0.4) is 0 Å². The Hall–Kier alpha value is -1.67. The topological polar surface area (TPSA) is 72.2 Å². The van der Waals surface area contributed by atoms with E-state index in [4.69, 9.17) is 5.73 Å². The lowest BCUT2D eigenvalue weighted by atomic mass is 10.3. The summed E-state index contributed by atoms with van der Waals surface area (Å²) in [5, 5.41) is 0. The molecule has 0 aliphatic carbocycles. The first kappa shape index (κ1) is 14.7. The van der Waals surface area contributed by atoms with E-state index in [1.165, 1.54) is 18.2 Å². The zero-order valence-corrected chi connectivity index (χ0v) is 12.3. The van der Waals surface area contributed by atoms with Gasteiger partial charge in [-0.05, 0) is 46.3 Å². The smallest absolute Gasteiger partial charge is 0.263 e. The van der Waals surface area contributed by atoms with E-state index in [0.29, 0.717) is 6.07 Å². The van der Waals surface area contributed by atoms with Gasteiger partial charge in [-0.1, -0.05) is 0 Å². The Balaban J connectivity index is 2.43. The van der Waals surface area contributed by atoms with Gasteiger partial charge in [0, 0.05) is 16.2 Å². The molecule has 2 rings (SSSR count). The lowest BCUT2D eigenvalue weighted by Gasteiger charge is -2.10. The van der Waals surface area contributed by atoms with Crippen molar-refractivity contribution in [2.45, 2.75) is 4.90 Å². The molecule has 106 valence electrons. The van der Waals surface area contributed by atoms with Gasteiger partial charge in [0.05, 0.1) is 5.69 Å². The Bertz CT molecular complexity index is 746. The maximum absolute atomic E-state index is 13.0. The van der Waals surface area contributed by atoms with Crippen molar-refractivity contribution in [1.82, 2.24) is 0 Å². The zero-order chi connectivity index (χ0) is 14.9. The third-order valence-electron chi connectivity index (χ3n) is 2.36. The molecule has 8 heteroatoms. The second-order valence-corrected chi connectivity index (χ2v) is 6.46. The molecule has 0 radical (unpaired) electrons. The second-order valence-electron chi connectivity index (χ2n) is 3.95. The van der Waals surface area contributed by atoms with E-state index in [1.807, 2.05) is 0 Å². The third-order valence-corrected chi connectivity index (χ3v) is 4.73. The Morgan fingerprint density at radius 1 is 1.05 bits per heavy atom. The molecule has 0 heterocycles. The molecule has 0 fully saturated rings. The van der Waals surface area contributed by atoms with Gasteiger partial charge < -0.3 is 5.73 Å². The molecule has 0 saturated heterocycles. The molecule has 3 N–H and O–H groups in total. The fourth-order valence-corrected chi connectivity index (χ4v) is 3.59. The lowest BCUT2D eigenvalue weighted by Crippen LogP contribution is -2.14. The van der Waals surface area contributed by atoms with Gasteiger partial charge in [0.25, 0.3) is 10.0 Å². The molecule has 2 aromatic rings. The van der Waals surface area contributed by atoms with Crippen molar-refractivity contribution in [1.29, 1.82) is 0 Å². The molecule has 4 nitrogen and oxygen atoms in total. The summed E-state index contributed by atoms with van der Waals surface area (Å²) in [6.07, 6.45) is 0. The van der Waals surface area contributed by atoms with Crippen LogP contribution >= 0.6 is 15.9 Å². The molecule has 0 bridgehead atoms. The molecule has 0 atom stereocenters. The largest absolute Gasteiger partial charge is 0.399 e. The number of hydrogen-bond acceptors (Lipinski definition) is 3. The Morgan fingerprint density at radius 2 is 1.65 bits per heavy atom. The van der Waals surface area contributed by atoms with E-state index in [9.17, 15) is 17.2 Å². The minimum Gasteiger partial charge on any atom is -0.399 e. The summed E-state index contributed by atoms with van der Waals surface area (Å²) in [4.78, 5) is -0.123. The van der Waals surface area contributed by atoms with Crippen molar-refractivity contribution in [2.75, 3.05) is 10.5 Å². The summed E-state index contributed by atoms with van der Waals surface area (Å²) in [5.74, 6) is -1.76. The standard InChI is InChI=1S/C12H9BrF2N2O2S/c13-11-2-1-9(16)6-12(11)20(18,19)17-10-4-7(14)3-8(15)5-10/h1-6,17H,16H2. The molecular formula is C12H9BrF2N2O2S. The number of anilines is 2. The molecule has 0 amide bonds. The van der Waals surface area contributed by atoms with Crippen molar-refractivity contribution in [3.05, 3.63) is 52.5 Å². The summed E-state index contributed by atoms with van der Waals surface area (Å²) in [6.45, 7) is 0. The summed E-state index contributed by atoms with van der Waals surface area (Å²) < 4.78 is 52.8. The zero-order valence-electron chi connectivity index (χ0n) is 9.90. The highest BCUT2D eigenvalue weighted by Crippen LogP contribution is 2.26. The van der Waals surface area contributed by atoms with Crippen LogP contribution in [0.1, 0.15) is 0 Å². The fraction of sp³-hybridized carbons (Fsp3) is 0. The molecule has 0 aliphatic heterocycles. The average molecular weight is 363 g/mol. The van der Waals surface area contributed by atoms with Crippen LogP contribution in [0.4, 0.5) is 20.2 Å². The number of nitrogens with one attached hydrogen (secondary N) is 1. The van der Waals surface area contributed by atoms with Gasteiger partial charge in [-0.25, -0.2) is 17.2 Å². The number of rotatable bonds is 3.